The molecule has 1 unspecified atom stereocenters. The molecule has 0 radical (unpaired) electrons. The van der Waals surface area contributed by atoms with Gasteiger partial charge in [-0.2, -0.15) is 5.26 Å². The fraction of sp³-hybridized carbons (Fsp3) is 0.188. The Hall–Kier alpha value is -2.45. The molecule has 2 aromatic carbocycles. The minimum absolute atomic E-state index is 0.00242. The molecule has 1 atom stereocenters. The van der Waals surface area contributed by atoms with Crippen molar-refractivity contribution >= 4 is 0 Å². The summed E-state index contributed by atoms with van der Waals surface area (Å²) in [4.78, 5) is 0. The van der Waals surface area contributed by atoms with E-state index in [1.165, 1.54) is 24.3 Å². The Bertz CT molecular complexity index is 695. The Morgan fingerprint density at radius 1 is 1.14 bits per heavy atom. The van der Waals surface area contributed by atoms with Crippen molar-refractivity contribution in [3.05, 3.63) is 59.2 Å². The fourth-order valence-corrected chi connectivity index (χ4v) is 1.85. The highest BCUT2D eigenvalue weighted by Gasteiger charge is 2.13. The van der Waals surface area contributed by atoms with Crippen molar-refractivity contribution in [1.29, 1.82) is 5.26 Å². The van der Waals surface area contributed by atoms with Crippen molar-refractivity contribution in [2.75, 3.05) is 7.05 Å². The molecule has 0 aliphatic carbocycles. The van der Waals surface area contributed by atoms with Crippen LogP contribution in [0.2, 0.25) is 0 Å². The zero-order valence-electron chi connectivity index (χ0n) is 11.7. The molecular formula is C16H14F2N2O. The van der Waals surface area contributed by atoms with Crippen molar-refractivity contribution in [1.82, 2.24) is 5.32 Å². The Kier molecular flexibility index (Phi) is 4.51. The van der Waals surface area contributed by atoms with Gasteiger partial charge in [0.25, 0.3) is 0 Å². The molecule has 21 heavy (non-hydrogen) atoms. The largest absolute Gasteiger partial charge is 0.453 e. The molecule has 0 fully saturated rings. The summed E-state index contributed by atoms with van der Waals surface area (Å²) in [6.45, 7) is 1.90. The summed E-state index contributed by atoms with van der Waals surface area (Å²) in [5, 5.41) is 11.9. The second-order valence-corrected chi connectivity index (χ2v) is 4.53. The van der Waals surface area contributed by atoms with Crippen LogP contribution in [0.25, 0.3) is 0 Å². The van der Waals surface area contributed by atoms with Gasteiger partial charge in [0.05, 0.1) is 0 Å². The molecule has 0 aromatic heterocycles. The lowest BCUT2D eigenvalue weighted by molar-refractivity contribution is 0.436. The van der Waals surface area contributed by atoms with Crippen LogP contribution >= 0.6 is 0 Å². The standard InChI is InChI=1S/C16H14F2N2O/c1-10(20-2)11-6-7-16(14(18)8-11)21-15-5-3-4-13(17)12(15)9-19/h3-8,10,20H,1-2H3. The molecule has 2 aromatic rings. The highest BCUT2D eigenvalue weighted by molar-refractivity contribution is 5.46. The summed E-state index contributed by atoms with van der Waals surface area (Å²) in [6.07, 6.45) is 0. The van der Waals surface area contributed by atoms with E-state index in [1.807, 2.05) is 6.92 Å². The summed E-state index contributed by atoms with van der Waals surface area (Å²) in [5.41, 5.74) is 0.520. The molecule has 108 valence electrons. The molecule has 0 saturated heterocycles. The van der Waals surface area contributed by atoms with E-state index in [4.69, 9.17) is 10.00 Å². The Morgan fingerprint density at radius 2 is 1.90 bits per heavy atom. The van der Waals surface area contributed by atoms with E-state index in [-0.39, 0.29) is 23.1 Å². The molecule has 0 spiro atoms. The van der Waals surface area contributed by atoms with E-state index in [2.05, 4.69) is 5.32 Å². The molecule has 0 saturated carbocycles. The number of rotatable bonds is 4. The molecule has 0 bridgehead atoms. The number of halogens is 2. The van der Waals surface area contributed by atoms with Gasteiger partial charge >= 0.3 is 0 Å². The number of nitrogens with zero attached hydrogens (tertiary/aromatic N) is 1. The van der Waals surface area contributed by atoms with Crippen LogP contribution < -0.4 is 10.1 Å². The summed E-state index contributed by atoms with van der Waals surface area (Å²) < 4.78 is 32.8. The lowest BCUT2D eigenvalue weighted by Crippen LogP contribution is -2.12. The topological polar surface area (TPSA) is 45.0 Å². The molecule has 3 nitrogen and oxygen atoms in total. The first-order valence-corrected chi connectivity index (χ1v) is 6.40. The van der Waals surface area contributed by atoms with E-state index in [0.29, 0.717) is 0 Å². The van der Waals surface area contributed by atoms with Gasteiger partial charge < -0.3 is 10.1 Å². The number of benzene rings is 2. The van der Waals surface area contributed by atoms with Crippen molar-refractivity contribution < 1.29 is 13.5 Å². The predicted octanol–water partition coefficient (Wildman–Crippen LogP) is 3.91. The van der Waals surface area contributed by atoms with Crippen LogP contribution in [0.3, 0.4) is 0 Å². The average molecular weight is 288 g/mol. The van der Waals surface area contributed by atoms with Crippen molar-refractivity contribution in [2.45, 2.75) is 13.0 Å². The minimum atomic E-state index is -0.698. The fourth-order valence-electron chi connectivity index (χ4n) is 1.85. The number of nitrogens with one attached hydrogen (secondary N) is 1. The zero-order chi connectivity index (χ0) is 15.4. The number of ether oxygens (including phenoxy) is 1. The average Bonchev–Trinajstić information content (AvgIpc) is 2.48. The van der Waals surface area contributed by atoms with Gasteiger partial charge in [-0.25, -0.2) is 8.78 Å². The number of nitriles is 1. The highest BCUT2D eigenvalue weighted by Crippen LogP contribution is 2.29. The monoisotopic (exact) mass is 288 g/mol. The van der Waals surface area contributed by atoms with Gasteiger partial charge in [0.1, 0.15) is 23.2 Å². The Labute approximate surface area is 121 Å². The minimum Gasteiger partial charge on any atom is -0.453 e. The molecular weight excluding hydrogens is 274 g/mol. The van der Waals surface area contributed by atoms with Gasteiger partial charge in [0, 0.05) is 6.04 Å². The van der Waals surface area contributed by atoms with Crippen molar-refractivity contribution in [3.8, 4) is 17.6 Å². The maximum atomic E-state index is 14.0. The third-order valence-electron chi connectivity index (χ3n) is 3.20. The molecule has 0 aliphatic heterocycles. The molecule has 0 amide bonds. The number of hydrogen-bond acceptors (Lipinski definition) is 3. The first kappa shape index (κ1) is 14.9. The van der Waals surface area contributed by atoms with Crippen LogP contribution in [-0.4, -0.2) is 7.05 Å². The molecule has 0 heterocycles. The van der Waals surface area contributed by atoms with Gasteiger partial charge in [-0.15, -0.1) is 0 Å². The van der Waals surface area contributed by atoms with Crippen LogP contribution in [0.15, 0.2) is 36.4 Å². The second kappa shape index (κ2) is 6.33. The van der Waals surface area contributed by atoms with E-state index >= 15 is 0 Å². The van der Waals surface area contributed by atoms with E-state index in [9.17, 15) is 8.78 Å². The van der Waals surface area contributed by atoms with E-state index in [0.717, 1.165) is 11.6 Å². The lowest BCUT2D eigenvalue weighted by Gasteiger charge is -2.13. The summed E-state index contributed by atoms with van der Waals surface area (Å²) in [5.74, 6) is -1.33. The van der Waals surface area contributed by atoms with Gasteiger partial charge in [-0.05, 0) is 43.8 Å². The summed E-state index contributed by atoms with van der Waals surface area (Å²) in [7, 11) is 1.78. The van der Waals surface area contributed by atoms with Crippen molar-refractivity contribution in [3.63, 3.8) is 0 Å². The highest BCUT2D eigenvalue weighted by atomic mass is 19.1. The third-order valence-corrected chi connectivity index (χ3v) is 3.20. The first-order valence-electron chi connectivity index (χ1n) is 6.40. The number of hydrogen-bond donors (Lipinski definition) is 1. The van der Waals surface area contributed by atoms with Gasteiger partial charge in [-0.1, -0.05) is 12.1 Å². The summed E-state index contributed by atoms with van der Waals surface area (Å²) >= 11 is 0. The molecule has 1 N–H and O–H groups in total. The summed E-state index contributed by atoms with van der Waals surface area (Å²) in [6, 6.07) is 10.2. The smallest absolute Gasteiger partial charge is 0.166 e. The first-order chi connectivity index (χ1) is 10.1. The van der Waals surface area contributed by atoms with Crippen LogP contribution in [0.4, 0.5) is 8.78 Å². The van der Waals surface area contributed by atoms with Gasteiger partial charge in [0.2, 0.25) is 0 Å². The maximum absolute atomic E-state index is 14.0. The lowest BCUT2D eigenvalue weighted by atomic mass is 10.1. The van der Waals surface area contributed by atoms with Crippen LogP contribution in [0, 0.1) is 23.0 Å². The molecule has 2 rings (SSSR count). The third kappa shape index (κ3) is 3.18. The van der Waals surface area contributed by atoms with Crippen molar-refractivity contribution in [2.24, 2.45) is 0 Å². The van der Waals surface area contributed by atoms with E-state index in [1.54, 1.807) is 19.2 Å². The zero-order valence-corrected chi connectivity index (χ0v) is 11.7. The van der Waals surface area contributed by atoms with E-state index < -0.39 is 11.6 Å². The van der Waals surface area contributed by atoms with Crippen LogP contribution in [0.1, 0.15) is 24.1 Å². The van der Waals surface area contributed by atoms with Gasteiger partial charge in [-0.3, -0.25) is 0 Å². The van der Waals surface area contributed by atoms with Crippen LogP contribution in [-0.2, 0) is 0 Å². The van der Waals surface area contributed by atoms with Crippen LogP contribution in [0.5, 0.6) is 11.5 Å². The normalized spacial score (nSPS) is 11.8. The maximum Gasteiger partial charge on any atom is 0.166 e. The second-order valence-electron chi connectivity index (χ2n) is 4.53. The SMILES string of the molecule is CNC(C)c1ccc(Oc2cccc(F)c2C#N)c(F)c1. The predicted molar refractivity (Wildman–Crippen MR) is 75.1 cm³/mol. The molecule has 5 heteroatoms. The Balaban J connectivity index is 2.33. The Morgan fingerprint density at radius 3 is 2.52 bits per heavy atom. The molecule has 0 aliphatic rings. The quantitative estimate of drug-likeness (QED) is 0.927. The van der Waals surface area contributed by atoms with Gasteiger partial charge in [0.15, 0.2) is 11.6 Å².